The van der Waals surface area contributed by atoms with Crippen molar-refractivity contribution in [3.63, 3.8) is 0 Å². The summed E-state index contributed by atoms with van der Waals surface area (Å²) in [6, 6.07) is 8.75. The molecule has 1 saturated heterocycles. The summed E-state index contributed by atoms with van der Waals surface area (Å²) in [7, 11) is 2.25. The number of nitrogens with zero attached hydrogens (tertiary/aromatic N) is 1. The van der Waals surface area contributed by atoms with Crippen LogP contribution in [0.25, 0.3) is 10.9 Å². The number of aromatic nitrogens is 1. The standard InChI is InChI=1S/C15H18N2/c1-17-8-10-6-13-12-4-2-3-5-14(12)16-15(13)7-11(10)9-17/h2-5,10-11,16H,6-9H2,1H3/t10-,11+/m0/s1. The molecule has 2 aromatic rings. The molecule has 1 aromatic heterocycles. The van der Waals surface area contributed by atoms with Crippen LogP contribution in [0.5, 0.6) is 0 Å². The molecule has 2 aliphatic rings. The van der Waals surface area contributed by atoms with E-state index in [1.54, 1.807) is 5.56 Å². The molecule has 88 valence electrons. The van der Waals surface area contributed by atoms with Crippen LogP contribution in [0.2, 0.25) is 0 Å². The van der Waals surface area contributed by atoms with E-state index in [4.69, 9.17) is 0 Å². The van der Waals surface area contributed by atoms with Crippen LogP contribution in [0.15, 0.2) is 24.3 Å². The van der Waals surface area contributed by atoms with Crippen LogP contribution in [-0.4, -0.2) is 30.0 Å². The Morgan fingerprint density at radius 1 is 1.12 bits per heavy atom. The number of rotatable bonds is 0. The maximum Gasteiger partial charge on any atom is 0.0458 e. The van der Waals surface area contributed by atoms with E-state index in [1.165, 1.54) is 42.5 Å². The molecule has 1 aliphatic heterocycles. The number of nitrogens with one attached hydrogen (secondary N) is 1. The highest BCUT2D eigenvalue weighted by Crippen LogP contribution is 2.38. The quantitative estimate of drug-likeness (QED) is 0.731. The molecule has 1 aliphatic carbocycles. The van der Waals surface area contributed by atoms with Crippen molar-refractivity contribution in [2.24, 2.45) is 11.8 Å². The van der Waals surface area contributed by atoms with Gasteiger partial charge in [0.25, 0.3) is 0 Å². The number of hydrogen-bond acceptors (Lipinski definition) is 1. The molecule has 17 heavy (non-hydrogen) atoms. The van der Waals surface area contributed by atoms with Crippen molar-refractivity contribution < 1.29 is 0 Å². The zero-order valence-corrected chi connectivity index (χ0v) is 10.2. The minimum atomic E-state index is 0.876. The molecule has 4 rings (SSSR count). The Balaban J connectivity index is 1.82. The van der Waals surface area contributed by atoms with Gasteiger partial charge in [0.05, 0.1) is 0 Å². The molecule has 0 unspecified atom stereocenters. The Bertz CT molecular complexity index is 569. The molecule has 2 heteroatoms. The van der Waals surface area contributed by atoms with Crippen LogP contribution < -0.4 is 0 Å². The summed E-state index contributed by atoms with van der Waals surface area (Å²) >= 11 is 0. The fourth-order valence-corrected chi connectivity index (χ4v) is 3.82. The lowest BCUT2D eigenvalue weighted by atomic mass is 9.80. The first-order valence-corrected chi connectivity index (χ1v) is 6.58. The first-order valence-electron chi connectivity index (χ1n) is 6.58. The number of fused-ring (bicyclic) bond motifs is 4. The predicted molar refractivity (Wildman–Crippen MR) is 70.2 cm³/mol. The highest BCUT2D eigenvalue weighted by atomic mass is 15.1. The van der Waals surface area contributed by atoms with Crippen LogP contribution in [0.1, 0.15) is 11.3 Å². The predicted octanol–water partition coefficient (Wildman–Crippen LogP) is 2.44. The number of likely N-dealkylation sites (tertiary alicyclic amines) is 1. The minimum Gasteiger partial charge on any atom is -0.358 e. The average Bonchev–Trinajstić information content (AvgIpc) is 2.84. The molecule has 2 nitrogen and oxygen atoms in total. The van der Waals surface area contributed by atoms with Crippen LogP contribution >= 0.6 is 0 Å². The van der Waals surface area contributed by atoms with E-state index in [1.807, 2.05) is 0 Å². The molecule has 0 spiro atoms. The fourth-order valence-electron chi connectivity index (χ4n) is 3.82. The number of benzene rings is 1. The van der Waals surface area contributed by atoms with Gasteiger partial charge in [-0.25, -0.2) is 0 Å². The first kappa shape index (κ1) is 9.72. The molecule has 1 aromatic carbocycles. The highest BCUT2D eigenvalue weighted by Gasteiger charge is 2.36. The second-order valence-corrected chi connectivity index (χ2v) is 5.78. The van der Waals surface area contributed by atoms with Gasteiger partial charge in [0.1, 0.15) is 0 Å². The SMILES string of the molecule is CN1C[C@H]2Cc3[nH]c4ccccc4c3C[C@H]2C1. The van der Waals surface area contributed by atoms with E-state index in [-0.39, 0.29) is 0 Å². The van der Waals surface area contributed by atoms with Crippen LogP contribution in [0.3, 0.4) is 0 Å². The smallest absolute Gasteiger partial charge is 0.0458 e. The van der Waals surface area contributed by atoms with Gasteiger partial charge in [0.2, 0.25) is 0 Å². The monoisotopic (exact) mass is 226 g/mol. The molecule has 1 fully saturated rings. The molecule has 2 heterocycles. The summed E-state index contributed by atoms with van der Waals surface area (Å²) in [4.78, 5) is 6.11. The third-order valence-electron chi connectivity index (χ3n) is 4.59. The largest absolute Gasteiger partial charge is 0.358 e. The summed E-state index contributed by atoms with van der Waals surface area (Å²) in [5.74, 6) is 1.76. The number of aromatic amines is 1. The van der Waals surface area contributed by atoms with E-state index in [0.717, 1.165) is 11.8 Å². The van der Waals surface area contributed by atoms with Gasteiger partial charge in [-0.2, -0.15) is 0 Å². The van der Waals surface area contributed by atoms with Gasteiger partial charge in [0, 0.05) is 29.7 Å². The molecule has 0 saturated carbocycles. The van der Waals surface area contributed by atoms with Gasteiger partial charge >= 0.3 is 0 Å². The third kappa shape index (κ3) is 1.37. The van der Waals surface area contributed by atoms with Gasteiger partial charge in [-0.15, -0.1) is 0 Å². The molecule has 2 atom stereocenters. The lowest BCUT2D eigenvalue weighted by Gasteiger charge is -2.24. The molecular formula is C15H18N2. The maximum atomic E-state index is 3.62. The number of H-pyrrole nitrogens is 1. The summed E-state index contributed by atoms with van der Waals surface area (Å²) in [6.45, 7) is 2.56. The zero-order valence-electron chi connectivity index (χ0n) is 10.2. The molecule has 0 radical (unpaired) electrons. The second-order valence-electron chi connectivity index (χ2n) is 5.78. The Labute approximate surface area is 102 Å². The van der Waals surface area contributed by atoms with Crippen LogP contribution in [0.4, 0.5) is 0 Å². The Morgan fingerprint density at radius 3 is 2.76 bits per heavy atom. The van der Waals surface area contributed by atoms with Crippen molar-refractivity contribution in [2.75, 3.05) is 20.1 Å². The average molecular weight is 226 g/mol. The van der Waals surface area contributed by atoms with E-state index in [9.17, 15) is 0 Å². The molecular weight excluding hydrogens is 208 g/mol. The van der Waals surface area contributed by atoms with E-state index >= 15 is 0 Å². The molecule has 0 bridgehead atoms. The van der Waals surface area contributed by atoms with Crippen molar-refractivity contribution in [1.29, 1.82) is 0 Å². The lowest BCUT2D eigenvalue weighted by Crippen LogP contribution is -2.23. The van der Waals surface area contributed by atoms with E-state index < -0.39 is 0 Å². The summed E-state index contributed by atoms with van der Waals surface area (Å²) in [6.07, 6.45) is 2.52. The van der Waals surface area contributed by atoms with Crippen molar-refractivity contribution in [3.05, 3.63) is 35.5 Å². The lowest BCUT2D eigenvalue weighted by molar-refractivity contribution is 0.389. The Hall–Kier alpha value is -1.28. The topological polar surface area (TPSA) is 19.0 Å². The second kappa shape index (κ2) is 3.36. The molecule has 0 amide bonds. The van der Waals surface area contributed by atoms with Gasteiger partial charge < -0.3 is 9.88 Å². The zero-order chi connectivity index (χ0) is 11.4. The molecule has 1 N–H and O–H groups in total. The van der Waals surface area contributed by atoms with E-state index in [2.05, 4.69) is 41.2 Å². The summed E-state index contributed by atoms with van der Waals surface area (Å²) in [5, 5.41) is 1.45. The van der Waals surface area contributed by atoms with Crippen LogP contribution in [-0.2, 0) is 12.8 Å². The van der Waals surface area contributed by atoms with Gasteiger partial charge in [-0.05, 0) is 43.4 Å². The van der Waals surface area contributed by atoms with Gasteiger partial charge in [0.15, 0.2) is 0 Å². The van der Waals surface area contributed by atoms with Crippen molar-refractivity contribution in [2.45, 2.75) is 12.8 Å². The Morgan fingerprint density at radius 2 is 1.88 bits per heavy atom. The maximum absolute atomic E-state index is 3.62. The summed E-state index contributed by atoms with van der Waals surface area (Å²) in [5.41, 5.74) is 4.42. The van der Waals surface area contributed by atoms with Crippen molar-refractivity contribution in [3.8, 4) is 0 Å². The van der Waals surface area contributed by atoms with Crippen molar-refractivity contribution in [1.82, 2.24) is 9.88 Å². The minimum absolute atomic E-state index is 0.876. The van der Waals surface area contributed by atoms with Crippen molar-refractivity contribution >= 4 is 10.9 Å². The first-order chi connectivity index (χ1) is 8.31. The fraction of sp³-hybridized carbons (Fsp3) is 0.467. The van der Waals surface area contributed by atoms with Gasteiger partial charge in [-0.1, -0.05) is 18.2 Å². The third-order valence-corrected chi connectivity index (χ3v) is 4.59. The number of para-hydroxylation sites is 1. The van der Waals surface area contributed by atoms with E-state index in [0.29, 0.717) is 0 Å². The summed E-state index contributed by atoms with van der Waals surface area (Å²) < 4.78 is 0. The number of hydrogen-bond donors (Lipinski definition) is 1. The van der Waals surface area contributed by atoms with Crippen LogP contribution in [0, 0.1) is 11.8 Å². The van der Waals surface area contributed by atoms with Gasteiger partial charge in [-0.3, -0.25) is 0 Å². The normalized spacial score (nSPS) is 28.3. The highest BCUT2D eigenvalue weighted by molar-refractivity contribution is 5.84. The Kier molecular flexibility index (Phi) is 1.92.